The van der Waals surface area contributed by atoms with Crippen LogP contribution in [0.25, 0.3) is 17.0 Å². The van der Waals surface area contributed by atoms with Crippen LogP contribution in [0.3, 0.4) is 0 Å². The van der Waals surface area contributed by atoms with Gasteiger partial charge in [-0.3, -0.25) is 4.40 Å². The molecule has 7 heteroatoms. The molecule has 4 nitrogen and oxygen atoms in total. The number of pyridine rings is 1. The van der Waals surface area contributed by atoms with Gasteiger partial charge in [-0.2, -0.15) is 13.2 Å². The Kier molecular flexibility index (Phi) is 3.13. The molecule has 0 saturated heterocycles. The molecule has 3 aromatic rings. The minimum absolute atomic E-state index is 0.330. The van der Waals surface area contributed by atoms with Crippen molar-refractivity contribution in [1.29, 1.82) is 0 Å². The quantitative estimate of drug-likeness (QED) is 0.790. The van der Waals surface area contributed by atoms with Crippen LogP contribution >= 0.6 is 0 Å². The molecule has 108 valence electrons. The first-order chi connectivity index (χ1) is 9.99. The Morgan fingerprint density at radius 1 is 1.10 bits per heavy atom. The second-order valence-electron chi connectivity index (χ2n) is 4.57. The monoisotopic (exact) mass is 292 g/mol. The number of rotatable bonds is 2. The lowest BCUT2D eigenvalue weighted by Gasteiger charge is -2.08. The molecule has 0 aliphatic heterocycles. The fourth-order valence-electron chi connectivity index (χ4n) is 2.09. The molecule has 2 N–H and O–H groups in total. The minimum atomic E-state index is -4.39. The third-order valence-electron chi connectivity index (χ3n) is 3.15. The smallest absolute Gasteiger partial charge is 0.326 e. The van der Waals surface area contributed by atoms with Gasteiger partial charge >= 0.3 is 6.18 Å². The predicted octanol–water partition coefficient (Wildman–Crippen LogP) is 2.87. The first-order valence-electron chi connectivity index (χ1n) is 6.20. The summed E-state index contributed by atoms with van der Waals surface area (Å²) in [5.41, 5.74) is 6.61. The molecular formula is C14H11F3N4. The summed E-state index contributed by atoms with van der Waals surface area (Å²) in [6, 6.07) is 8.54. The van der Waals surface area contributed by atoms with Crippen LogP contribution in [0, 0.1) is 0 Å². The van der Waals surface area contributed by atoms with E-state index < -0.39 is 11.7 Å². The van der Waals surface area contributed by atoms with Crippen molar-refractivity contribution in [2.24, 2.45) is 5.73 Å². The number of alkyl halides is 3. The SMILES string of the molecule is NCc1ccc2nnc(-c3cccc(C(F)(F)F)c3)n2c1. The van der Waals surface area contributed by atoms with Crippen molar-refractivity contribution in [1.82, 2.24) is 14.6 Å². The van der Waals surface area contributed by atoms with E-state index in [9.17, 15) is 13.2 Å². The average molecular weight is 292 g/mol. The summed E-state index contributed by atoms with van der Waals surface area (Å²) in [6.45, 7) is 0.330. The molecule has 0 bridgehead atoms. The largest absolute Gasteiger partial charge is 0.416 e. The lowest BCUT2D eigenvalue weighted by Crippen LogP contribution is -2.05. The zero-order chi connectivity index (χ0) is 15.0. The number of hydrogen-bond donors (Lipinski definition) is 1. The van der Waals surface area contributed by atoms with Crippen molar-refractivity contribution in [3.8, 4) is 11.4 Å². The summed E-state index contributed by atoms with van der Waals surface area (Å²) >= 11 is 0. The van der Waals surface area contributed by atoms with Crippen molar-refractivity contribution in [2.75, 3.05) is 0 Å². The second-order valence-corrected chi connectivity index (χ2v) is 4.57. The summed E-state index contributed by atoms with van der Waals surface area (Å²) < 4.78 is 40.0. The number of hydrogen-bond acceptors (Lipinski definition) is 3. The number of fused-ring (bicyclic) bond motifs is 1. The molecule has 0 aliphatic carbocycles. The van der Waals surface area contributed by atoms with E-state index in [0.29, 0.717) is 23.6 Å². The van der Waals surface area contributed by atoms with Gasteiger partial charge in [0.1, 0.15) is 0 Å². The first-order valence-corrected chi connectivity index (χ1v) is 6.20. The summed E-state index contributed by atoms with van der Waals surface area (Å²) in [6.07, 6.45) is -2.66. The van der Waals surface area contributed by atoms with Gasteiger partial charge in [0.25, 0.3) is 0 Å². The minimum Gasteiger partial charge on any atom is -0.326 e. The maximum Gasteiger partial charge on any atom is 0.416 e. The summed E-state index contributed by atoms with van der Waals surface area (Å²) in [5.74, 6) is 0.353. The molecule has 0 amide bonds. The van der Waals surface area contributed by atoms with E-state index in [1.165, 1.54) is 6.07 Å². The second kappa shape index (κ2) is 4.85. The number of halogens is 3. The molecule has 0 saturated carbocycles. The van der Waals surface area contributed by atoms with E-state index >= 15 is 0 Å². The highest BCUT2D eigenvalue weighted by atomic mass is 19.4. The zero-order valence-corrected chi connectivity index (χ0v) is 10.8. The Hall–Kier alpha value is -2.41. The highest BCUT2D eigenvalue weighted by Gasteiger charge is 2.30. The van der Waals surface area contributed by atoms with Crippen LogP contribution in [0.5, 0.6) is 0 Å². The molecule has 0 spiro atoms. The van der Waals surface area contributed by atoms with Crippen LogP contribution in [0.1, 0.15) is 11.1 Å². The Labute approximate surface area is 118 Å². The Morgan fingerprint density at radius 2 is 1.90 bits per heavy atom. The van der Waals surface area contributed by atoms with Gasteiger partial charge in [-0.15, -0.1) is 10.2 Å². The fourth-order valence-corrected chi connectivity index (χ4v) is 2.09. The standard InChI is InChI=1S/C14H11F3N4/c15-14(16,17)11-3-1-2-10(6-11)13-20-19-12-5-4-9(7-18)8-21(12)13/h1-6,8H,7,18H2. The average Bonchev–Trinajstić information content (AvgIpc) is 2.89. The van der Waals surface area contributed by atoms with Gasteiger partial charge in [-0.05, 0) is 23.8 Å². The van der Waals surface area contributed by atoms with Crippen LogP contribution < -0.4 is 5.73 Å². The van der Waals surface area contributed by atoms with E-state index in [-0.39, 0.29) is 0 Å². The van der Waals surface area contributed by atoms with Crippen LogP contribution in [0.15, 0.2) is 42.6 Å². The molecule has 1 aromatic carbocycles. The molecule has 3 rings (SSSR count). The summed E-state index contributed by atoms with van der Waals surface area (Å²) in [5, 5.41) is 7.92. The third-order valence-corrected chi connectivity index (χ3v) is 3.15. The molecule has 0 aliphatic rings. The van der Waals surface area contributed by atoms with Crippen LogP contribution in [0.2, 0.25) is 0 Å². The van der Waals surface area contributed by atoms with Gasteiger partial charge in [0.05, 0.1) is 5.56 Å². The van der Waals surface area contributed by atoms with Crippen molar-refractivity contribution in [2.45, 2.75) is 12.7 Å². The zero-order valence-electron chi connectivity index (χ0n) is 10.8. The van der Waals surface area contributed by atoms with Gasteiger partial charge in [-0.1, -0.05) is 18.2 Å². The molecule has 2 heterocycles. The number of nitrogens with zero attached hydrogens (tertiary/aromatic N) is 3. The Balaban J connectivity index is 2.16. The highest BCUT2D eigenvalue weighted by Crippen LogP contribution is 2.31. The van der Waals surface area contributed by atoms with Crippen molar-refractivity contribution < 1.29 is 13.2 Å². The van der Waals surface area contributed by atoms with Crippen LogP contribution in [0.4, 0.5) is 13.2 Å². The fraction of sp³-hybridized carbons (Fsp3) is 0.143. The predicted molar refractivity (Wildman–Crippen MR) is 71.3 cm³/mol. The van der Waals surface area contributed by atoms with Crippen molar-refractivity contribution >= 4 is 5.65 Å². The molecule has 0 atom stereocenters. The lowest BCUT2D eigenvalue weighted by molar-refractivity contribution is -0.137. The van der Waals surface area contributed by atoms with Crippen LogP contribution in [-0.2, 0) is 12.7 Å². The van der Waals surface area contributed by atoms with E-state index in [1.54, 1.807) is 28.8 Å². The molecular weight excluding hydrogens is 281 g/mol. The normalized spacial score (nSPS) is 12.0. The molecule has 0 unspecified atom stereocenters. The molecule has 0 fully saturated rings. The topological polar surface area (TPSA) is 56.2 Å². The maximum absolute atomic E-state index is 12.8. The number of benzene rings is 1. The maximum atomic E-state index is 12.8. The lowest BCUT2D eigenvalue weighted by atomic mass is 10.1. The highest BCUT2D eigenvalue weighted by molar-refractivity contribution is 5.60. The van der Waals surface area contributed by atoms with E-state index in [0.717, 1.165) is 17.7 Å². The van der Waals surface area contributed by atoms with Gasteiger partial charge in [-0.25, -0.2) is 0 Å². The Bertz CT molecular complexity index is 792. The summed E-state index contributed by atoms with van der Waals surface area (Å²) in [7, 11) is 0. The number of aromatic nitrogens is 3. The van der Waals surface area contributed by atoms with E-state index in [1.807, 2.05) is 0 Å². The summed E-state index contributed by atoms with van der Waals surface area (Å²) in [4.78, 5) is 0. The first kappa shape index (κ1) is 13.6. The van der Waals surface area contributed by atoms with Gasteiger partial charge in [0, 0.05) is 18.3 Å². The third kappa shape index (κ3) is 2.47. The number of nitrogens with two attached hydrogens (primary N) is 1. The molecule has 2 aromatic heterocycles. The van der Waals surface area contributed by atoms with Crippen molar-refractivity contribution in [3.05, 3.63) is 53.7 Å². The van der Waals surface area contributed by atoms with Gasteiger partial charge in [0.15, 0.2) is 11.5 Å². The van der Waals surface area contributed by atoms with E-state index in [2.05, 4.69) is 10.2 Å². The Morgan fingerprint density at radius 3 is 2.62 bits per heavy atom. The molecule has 21 heavy (non-hydrogen) atoms. The van der Waals surface area contributed by atoms with Crippen molar-refractivity contribution in [3.63, 3.8) is 0 Å². The molecule has 0 radical (unpaired) electrons. The van der Waals surface area contributed by atoms with E-state index in [4.69, 9.17) is 5.73 Å². The van der Waals surface area contributed by atoms with Gasteiger partial charge in [0.2, 0.25) is 0 Å². The van der Waals surface area contributed by atoms with Crippen LogP contribution in [-0.4, -0.2) is 14.6 Å². The van der Waals surface area contributed by atoms with Gasteiger partial charge < -0.3 is 5.73 Å².